The number of nitrogen functional groups attached to an aromatic ring is 1. The Balaban J connectivity index is 2.23. The quantitative estimate of drug-likeness (QED) is 0.874. The molecule has 0 aliphatic rings. The molecule has 100 valence electrons. The van der Waals surface area contributed by atoms with Crippen molar-refractivity contribution in [2.24, 2.45) is 0 Å². The molecule has 0 bridgehead atoms. The van der Waals surface area contributed by atoms with E-state index in [2.05, 4.69) is 0 Å². The maximum absolute atomic E-state index is 13.0. The number of rotatable bonds is 3. The molecular weight excluding hydrogens is 261 g/mol. The van der Waals surface area contributed by atoms with Gasteiger partial charge in [-0.1, -0.05) is 18.2 Å². The highest BCUT2D eigenvalue weighted by molar-refractivity contribution is 7.84. The van der Waals surface area contributed by atoms with Crippen molar-refractivity contribution < 1.29 is 8.60 Å². The van der Waals surface area contributed by atoms with Crippen LogP contribution in [0.15, 0.2) is 41.3 Å². The van der Waals surface area contributed by atoms with Crippen molar-refractivity contribution in [3.05, 3.63) is 58.9 Å². The van der Waals surface area contributed by atoms with Crippen molar-refractivity contribution in [2.45, 2.75) is 24.5 Å². The van der Waals surface area contributed by atoms with Crippen LogP contribution in [-0.4, -0.2) is 4.21 Å². The van der Waals surface area contributed by atoms with E-state index in [1.165, 1.54) is 29.3 Å². The smallest absolute Gasteiger partial charge is 0.125 e. The first-order valence-electron chi connectivity index (χ1n) is 5.97. The number of anilines is 1. The van der Waals surface area contributed by atoms with E-state index in [9.17, 15) is 8.60 Å². The van der Waals surface area contributed by atoms with Gasteiger partial charge in [0.25, 0.3) is 0 Å². The summed E-state index contributed by atoms with van der Waals surface area (Å²) >= 11 is 0. The van der Waals surface area contributed by atoms with Gasteiger partial charge in [-0.15, -0.1) is 0 Å². The number of aryl methyl sites for hydroxylation is 2. The van der Waals surface area contributed by atoms with E-state index in [0.29, 0.717) is 10.6 Å². The fraction of sp³-hybridized carbons (Fsp3) is 0.200. The minimum Gasteiger partial charge on any atom is -0.398 e. The number of hydrogen-bond acceptors (Lipinski definition) is 2. The van der Waals surface area contributed by atoms with E-state index in [-0.39, 0.29) is 5.69 Å². The predicted molar refractivity (Wildman–Crippen MR) is 76.8 cm³/mol. The number of halogens is 1. The van der Waals surface area contributed by atoms with Crippen molar-refractivity contribution in [3.8, 4) is 0 Å². The van der Waals surface area contributed by atoms with Gasteiger partial charge in [0.05, 0.1) is 27.1 Å². The Morgan fingerprint density at radius 2 is 1.84 bits per heavy atom. The van der Waals surface area contributed by atoms with E-state index in [1.54, 1.807) is 0 Å². The third-order valence-electron chi connectivity index (χ3n) is 3.09. The minimum atomic E-state index is -1.26. The van der Waals surface area contributed by atoms with Gasteiger partial charge >= 0.3 is 0 Å². The Morgan fingerprint density at radius 3 is 2.47 bits per heavy atom. The summed E-state index contributed by atoms with van der Waals surface area (Å²) in [6.45, 7) is 4.06. The molecule has 0 radical (unpaired) electrons. The molecule has 2 N–H and O–H groups in total. The Morgan fingerprint density at radius 1 is 1.11 bits per heavy atom. The van der Waals surface area contributed by atoms with Gasteiger partial charge in [-0.2, -0.15) is 0 Å². The van der Waals surface area contributed by atoms with Crippen LogP contribution in [0.5, 0.6) is 0 Å². The van der Waals surface area contributed by atoms with Gasteiger partial charge in [0.2, 0.25) is 0 Å². The Labute approximate surface area is 114 Å². The molecule has 1 unspecified atom stereocenters. The predicted octanol–water partition coefficient (Wildman–Crippen LogP) is 3.33. The highest BCUT2D eigenvalue weighted by atomic mass is 32.2. The van der Waals surface area contributed by atoms with Crippen molar-refractivity contribution in [3.63, 3.8) is 0 Å². The summed E-state index contributed by atoms with van der Waals surface area (Å²) in [4.78, 5) is 0.486. The molecule has 2 nitrogen and oxygen atoms in total. The molecule has 0 saturated carbocycles. The Bertz CT molecular complexity index is 640. The second-order valence-corrected chi connectivity index (χ2v) is 6.01. The zero-order valence-corrected chi connectivity index (χ0v) is 11.8. The van der Waals surface area contributed by atoms with Gasteiger partial charge in [-0.3, -0.25) is 4.21 Å². The van der Waals surface area contributed by atoms with Crippen LogP contribution in [0.1, 0.15) is 16.7 Å². The monoisotopic (exact) mass is 277 g/mol. The van der Waals surface area contributed by atoms with Crippen LogP contribution in [0.25, 0.3) is 0 Å². The van der Waals surface area contributed by atoms with Crippen LogP contribution in [0, 0.1) is 19.7 Å². The lowest BCUT2D eigenvalue weighted by Gasteiger charge is -2.08. The summed E-state index contributed by atoms with van der Waals surface area (Å²) in [6.07, 6.45) is 0. The van der Waals surface area contributed by atoms with E-state index in [1.807, 2.05) is 32.0 Å². The summed E-state index contributed by atoms with van der Waals surface area (Å²) in [5.41, 5.74) is 9.30. The van der Waals surface area contributed by atoms with E-state index < -0.39 is 16.6 Å². The molecule has 0 fully saturated rings. The van der Waals surface area contributed by atoms with Gasteiger partial charge < -0.3 is 5.73 Å². The lowest BCUT2D eigenvalue weighted by atomic mass is 10.1. The summed E-state index contributed by atoms with van der Waals surface area (Å²) in [5, 5.41) is 0. The minimum absolute atomic E-state index is 0.238. The molecule has 2 aromatic carbocycles. The van der Waals surface area contributed by atoms with Crippen molar-refractivity contribution >= 4 is 16.5 Å². The first-order chi connectivity index (χ1) is 8.97. The molecule has 2 aromatic rings. The topological polar surface area (TPSA) is 43.1 Å². The van der Waals surface area contributed by atoms with Gasteiger partial charge in [0, 0.05) is 0 Å². The summed E-state index contributed by atoms with van der Waals surface area (Å²) in [6, 6.07) is 9.96. The fourth-order valence-corrected chi connectivity index (χ4v) is 3.03. The molecule has 0 spiro atoms. The maximum Gasteiger partial charge on any atom is 0.125 e. The number of nitrogens with two attached hydrogens (primary N) is 1. The van der Waals surface area contributed by atoms with E-state index in [0.717, 1.165) is 5.56 Å². The van der Waals surface area contributed by atoms with Gasteiger partial charge in [-0.05, 0) is 48.7 Å². The van der Waals surface area contributed by atoms with Gasteiger partial charge in [0.15, 0.2) is 0 Å². The maximum atomic E-state index is 13.0. The first kappa shape index (κ1) is 13.7. The summed E-state index contributed by atoms with van der Waals surface area (Å²) in [7, 11) is -1.26. The average molecular weight is 277 g/mol. The van der Waals surface area contributed by atoms with Crippen LogP contribution >= 0.6 is 0 Å². The molecule has 4 heteroatoms. The van der Waals surface area contributed by atoms with Crippen molar-refractivity contribution in [1.29, 1.82) is 0 Å². The molecule has 0 amide bonds. The first-order valence-corrected chi connectivity index (χ1v) is 7.29. The molecule has 1 atom stereocenters. The van der Waals surface area contributed by atoms with Crippen LogP contribution in [0.2, 0.25) is 0 Å². The Hall–Kier alpha value is -1.68. The lowest BCUT2D eigenvalue weighted by Crippen LogP contribution is -2.02. The molecule has 0 aliphatic heterocycles. The number of benzene rings is 2. The molecule has 2 rings (SSSR count). The normalized spacial score (nSPS) is 12.4. The van der Waals surface area contributed by atoms with Gasteiger partial charge in [0.1, 0.15) is 5.82 Å². The third-order valence-corrected chi connectivity index (χ3v) is 4.54. The zero-order chi connectivity index (χ0) is 14.0. The second kappa shape index (κ2) is 5.53. The largest absolute Gasteiger partial charge is 0.398 e. The molecule has 19 heavy (non-hydrogen) atoms. The Kier molecular flexibility index (Phi) is 4.00. The third kappa shape index (κ3) is 3.20. The summed E-state index contributed by atoms with van der Waals surface area (Å²) in [5.74, 6) is -0.0267. The standard InChI is InChI=1S/C15H16FNOS/c1-10-3-4-12(7-11(10)2)9-19(18)15-6-5-13(16)8-14(15)17/h3-8H,9,17H2,1-2H3. The van der Waals surface area contributed by atoms with Gasteiger partial charge in [-0.25, -0.2) is 4.39 Å². The lowest BCUT2D eigenvalue weighted by molar-refractivity contribution is 0.627. The highest BCUT2D eigenvalue weighted by Gasteiger charge is 2.10. The van der Waals surface area contributed by atoms with Crippen molar-refractivity contribution in [1.82, 2.24) is 0 Å². The van der Waals surface area contributed by atoms with Crippen LogP contribution in [0.4, 0.5) is 10.1 Å². The van der Waals surface area contributed by atoms with Crippen LogP contribution in [-0.2, 0) is 16.6 Å². The zero-order valence-electron chi connectivity index (χ0n) is 10.9. The molecule has 0 aliphatic carbocycles. The molecule has 0 aromatic heterocycles. The fourth-order valence-electron chi connectivity index (χ4n) is 1.85. The van der Waals surface area contributed by atoms with E-state index in [4.69, 9.17) is 5.73 Å². The summed E-state index contributed by atoms with van der Waals surface area (Å²) < 4.78 is 25.2. The highest BCUT2D eigenvalue weighted by Crippen LogP contribution is 2.21. The molecular formula is C15H16FNOS. The van der Waals surface area contributed by atoms with E-state index >= 15 is 0 Å². The van der Waals surface area contributed by atoms with Crippen LogP contribution in [0.3, 0.4) is 0 Å². The molecule has 0 saturated heterocycles. The average Bonchev–Trinajstić information content (AvgIpc) is 2.33. The second-order valence-electron chi connectivity index (χ2n) is 4.59. The van der Waals surface area contributed by atoms with Crippen molar-refractivity contribution in [2.75, 3.05) is 5.73 Å². The SMILES string of the molecule is Cc1ccc(CS(=O)c2ccc(F)cc2N)cc1C. The van der Waals surface area contributed by atoms with Crippen LogP contribution < -0.4 is 5.73 Å². The number of hydrogen-bond donors (Lipinski definition) is 1. The molecule has 0 heterocycles.